The monoisotopic (exact) mass is 1290 g/mol. The lowest BCUT2D eigenvalue weighted by atomic mass is 9.96. The highest BCUT2D eigenvalue weighted by Crippen LogP contribution is 2.14. The van der Waals surface area contributed by atoms with Crippen molar-refractivity contribution < 1.29 is 72.9 Å². The fourth-order valence-electron chi connectivity index (χ4n) is 8.91. The van der Waals surface area contributed by atoms with Crippen LogP contribution in [0.15, 0.2) is 0 Å². The number of aliphatic hydroxyl groups excluding tert-OH is 3. The fourth-order valence-corrected chi connectivity index (χ4v) is 8.91. The van der Waals surface area contributed by atoms with E-state index in [9.17, 15) is 72.9 Å². The van der Waals surface area contributed by atoms with Gasteiger partial charge in [-0.3, -0.25) is 62.9 Å². The fraction of sp³-hybridized carbons (Fsp3) is 0.786. The highest BCUT2D eigenvalue weighted by molar-refractivity contribution is 5.99. The zero-order valence-electron chi connectivity index (χ0n) is 53.6. The molecule has 0 aliphatic rings. The van der Waals surface area contributed by atoms with Crippen molar-refractivity contribution in [3.8, 4) is 0 Å². The maximum atomic E-state index is 14.3. The Bertz CT molecular complexity index is 2230. The Balaban J connectivity index is 6.56. The molecule has 12 amide bonds. The molecule has 0 heterocycles. The molecule has 11 atom stereocenters. The van der Waals surface area contributed by atoms with Gasteiger partial charge in [0.2, 0.25) is 70.9 Å². The number of aliphatic hydroxyl groups is 3. The first-order valence-electron chi connectivity index (χ1n) is 31.0. The van der Waals surface area contributed by atoms with Crippen LogP contribution in [0.4, 0.5) is 0 Å². The van der Waals surface area contributed by atoms with Crippen LogP contribution in [0.3, 0.4) is 0 Å². The summed E-state index contributed by atoms with van der Waals surface area (Å²) in [7, 11) is 1.41. The Kier molecular flexibility index (Phi) is 43.7. The molecule has 0 saturated heterocycles. The van der Waals surface area contributed by atoms with Gasteiger partial charge in [0.15, 0.2) is 0 Å². The normalized spacial score (nSPS) is 15.0. The first kappa shape index (κ1) is 83.2. The maximum Gasteiger partial charge on any atom is 0.245 e. The largest absolute Gasteiger partial charge is 0.394 e. The molecule has 34 nitrogen and oxygen atoms in total. The lowest BCUT2D eigenvalue weighted by Crippen LogP contribution is -2.61. The van der Waals surface area contributed by atoms with Gasteiger partial charge in [-0.05, 0) is 134 Å². The lowest BCUT2D eigenvalue weighted by molar-refractivity contribution is -0.137. The summed E-state index contributed by atoms with van der Waals surface area (Å²) in [5, 5.41) is 63.2. The first-order chi connectivity index (χ1) is 42.6. The summed E-state index contributed by atoms with van der Waals surface area (Å²) in [6.07, 6.45) is 2.34. The Hall–Kier alpha value is -6.76. The molecule has 34 heteroatoms. The molecular weight excluding hydrogens is 1180 g/mol. The van der Waals surface area contributed by atoms with E-state index in [1.54, 1.807) is 41.5 Å². The third-order valence-corrected chi connectivity index (χ3v) is 14.3. The van der Waals surface area contributed by atoms with E-state index < -0.39 is 176 Å². The number of carbonyl (C=O) groups excluding carboxylic acids is 12. The van der Waals surface area contributed by atoms with Crippen LogP contribution < -0.4 is 104 Å². The summed E-state index contributed by atoms with van der Waals surface area (Å²) < 4.78 is 0. The molecule has 0 saturated carbocycles. The summed E-state index contributed by atoms with van der Waals surface area (Å²) in [4.78, 5) is 162. The number of amides is 12. The van der Waals surface area contributed by atoms with E-state index in [1.807, 2.05) is 0 Å². The summed E-state index contributed by atoms with van der Waals surface area (Å²) >= 11 is 0. The number of hydrogen-bond donors (Lipinski definition) is 22. The second-order valence-electron chi connectivity index (χ2n) is 22.9. The molecule has 0 aromatic carbocycles. The van der Waals surface area contributed by atoms with Gasteiger partial charge in [0, 0.05) is 0 Å². The van der Waals surface area contributed by atoms with Crippen LogP contribution in [0.1, 0.15) is 131 Å². The topological polar surface area (TPSA) is 578 Å². The second kappa shape index (κ2) is 47.2. The Morgan fingerprint density at radius 2 is 0.733 bits per heavy atom. The van der Waals surface area contributed by atoms with E-state index in [0.717, 1.165) is 0 Å². The van der Waals surface area contributed by atoms with Crippen molar-refractivity contribution in [3.05, 3.63) is 0 Å². The molecule has 0 aromatic heterocycles. The maximum absolute atomic E-state index is 14.3. The van der Waals surface area contributed by atoms with Crippen LogP contribution in [0, 0.1) is 17.8 Å². The van der Waals surface area contributed by atoms with E-state index >= 15 is 0 Å². The number of unbranched alkanes of at least 4 members (excludes halogenated alkanes) is 3. The average molecular weight is 1290 g/mol. The summed E-state index contributed by atoms with van der Waals surface area (Å²) in [5.41, 5.74) is 33.4. The van der Waals surface area contributed by atoms with Gasteiger partial charge in [0.1, 0.15) is 66.7 Å². The predicted molar refractivity (Wildman–Crippen MR) is 333 cm³/mol. The van der Waals surface area contributed by atoms with Gasteiger partial charge < -0.3 is 114 Å². The molecule has 0 aliphatic carbocycles. The van der Waals surface area contributed by atoms with Gasteiger partial charge in [0.05, 0.1) is 32.9 Å². The molecule has 0 rings (SSSR count). The summed E-state index contributed by atoms with van der Waals surface area (Å²) in [6.45, 7) is 7.85. The summed E-state index contributed by atoms with van der Waals surface area (Å²) in [5.74, 6) is -11.1. The number of carbonyl (C=O) groups is 12. The Labute approximate surface area is 527 Å². The number of likely N-dealkylation sites (N-methyl/N-ethyl adjacent to an activating group) is 1. The van der Waals surface area contributed by atoms with Crippen LogP contribution in [0.25, 0.3) is 0 Å². The van der Waals surface area contributed by atoms with Gasteiger partial charge in [-0.15, -0.1) is 0 Å². The van der Waals surface area contributed by atoms with Gasteiger partial charge in [-0.25, -0.2) is 0 Å². The molecule has 0 aromatic rings. The van der Waals surface area contributed by atoms with Crippen molar-refractivity contribution in [2.45, 2.75) is 198 Å². The zero-order valence-corrected chi connectivity index (χ0v) is 53.6. The van der Waals surface area contributed by atoms with Crippen molar-refractivity contribution >= 4 is 70.9 Å². The van der Waals surface area contributed by atoms with Crippen LogP contribution in [-0.4, -0.2) is 219 Å². The van der Waals surface area contributed by atoms with Crippen LogP contribution in [0.5, 0.6) is 0 Å². The van der Waals surface area contributed by atoms with E-state index in [-0.39, 0.29) is 76.5 Å². The number of primary amides is 1. The first-order valence-corrected chi connectivity index (χ1v) is 31.0. The van der Waals surface area contributed by atoms with E-state index in [1.165, 1.54) is 7.05 Å². The molecule has 90 heavy (non-hydrogen) atoms. The molecule has 0 bridgehead atoms. The number of hydrogen-bond acceptors (Lipinski definition) is 22. The van der Waals surface area contributed by atoms with Crippen LogP contribution in [0.2, 0.25) is 0 Å². The molecular formula is C56H109N19O15. The molecule has 28 N–H and O–H groups in total. The Morgan fingerprint density at radius 3 is 1.11 bits per heavy atom. The minimum Gasteiger partial charge on any atom is -0.394 e. The van der Waals surface area contributed by atoms with E-state index in [4.69, 9.17) is 34.4 Å². The Morgan fingerprint density at radius 1 is 0.400 bits per heavy atom. The molecule has 0 unspecified atom stereocenters. The van der Waals surface area contributed by atoms with Crippen molar-refractivity contribution in [2.75, 3.05) is 66.1 Å². The smallest absolute Gasteiger partial charge is 0.245 e. The molecule has 0 aliphatic heterocycles. The minimum absolute atomic E-state index is 0.00526. The third kappa shape index (κ3) is 34.4. The zero-order chi connectivity index (χ0) is 68.5. The standard InChI is InChI=1S/C56H109N19O15/c1-8-33(6)45(75-49(84)37(18-11-14-22-59)70-50(85)38(24-31(2)3)71-54(89)42(30-78)74-52(87)40(28-76)63-7)55(90)72-39(25-32(4)5)51(86)73-41(29-77)53(88)69-34(16-9-12-20-57)47(82)66-27-44(80)67-36(17-10-13-21-58)48(83)68-35(19-15-23-64-56(61)62)46(81)65-26-43(60)79/h31-42,45,56,63-64,76-78H,8-30,57-59,61-62H2,1-7H3,(H2,60,79)(H,65,81)(H,66,82)(H,67,80)(H,68,83)(H,69,88)(H,70,85)(H,71,89)(H,72,90)(H,73,86)(H,74,87)(H,75,84)/t33-,34-,35-,36-,37-,38-,39-,40-,41-,42-,45-/m0/s1. The SMILES string of the molecule is CC[C@H](C)[C@H](NC(=O)[C@H](CCCCN)NC(=O)[C@H](CC(C)C)NC(=O)[C@H](CO)NC(=O)[C@H](CO)NC)C(=O)N[C@@H](CC(C)C)C(=O)N[C@@H](CO)C(=O)N[C@@H](CCCCN)C(=O)NCC(=O)N[C@@H](CCCCN)C(=O)N[C@@H](CCCNC(N)N)C(=O)NCC(N)=O. The van der Waals surface area contributed by atoms with Gasteiger partial charge >= 0.3 is 0 Å². The van der Waals surface area contributed by atoms with Crippen LogP contribution >= 0.6 is 0 Å². The van der Waals surface area contributed by atoms with Crippen molar-refractivity contribution in [1.82, 2.24) is 69.1 Å². The van der Waals surface area contributed by atoms with Crippen molar-refractivity contribution in [3.63, 3.8) is 0 Å². The van der Waals surface area contributed by atoms with Crippen molar-refractivity contribution in [2.24, 2.45) is 52.2 Å². The third-order valence-electron chi connectivity index (χ3n) is 14.3. The van der Waals surface area contributed by atoms with E-state index in [2.05, 4.69) is 69.1 Å². The van der Waals surface area contributed by atoms with E-state index in [0.29, 0.717) is 51.4 Å². The van der Waals surface area contributed by atoms with Gasteiger partial charge in [-0.1, -0.05) is 48.0 Å². The average Bonchev–Trinajstić information content (AvgIpc) is 3.45. The van der Waals surface area contributed by atoms with Gasteiger partial charge in [-0.2, -0.15) is 0 Å². The molecule has 518 valence electrons. The predicted octanol–water partition coefficient (Wildman–Crippen LogP) is -8.27. The summed E-state index contributed by atoms with van der Waals surface area (Å²) in [6, 6.07) is -13.3. The van der Waals surface area contributed by atoms with Crippen LogP contribution in [-0.2, 0) is 57.5 Å². The lowest BCUT2D eigenvalue weighted by Gasteiger charge is -2.30. The number of nitrogens with two attached hydrogens (primary N) is 6. The van der Waals surface area contributed by atoms with Crippen molar-refractivity contribution in [1.29, 1.82) is 0 Å². The highest BCUT2D eigenvalue weighted by atomic mass is 16.3. The number of rotatable bonds is 50. The molecule has 0 radical (unpaired) electrons. The molecule has 0 spiro atoms. The quantitative estimate of drug-likeness (QED) is 0.0199. The minimum atomic E-state index is -1.70. The number of nitrogens with one attached hydrogen (secondary N) is 13. The second-order valence-corrected chi connectivity index (χ2v) is 22.9. The van der Waals surface area contributed by atoms with Gasteiger partial charge in [0.25, 0.3) is 0 Å². The molecule has 0 fully saturated rings. The highest BCUT2D eigenvalue weighted by Gasteiger charge is 2.37.